The summed E-state index contributed by atoms with van der Waals surface area (Å²) in [6, 6.07) is 14.1. The van der Waals surface area contributed by atoms with Gasteiger partial charge in [0.1, 0.15) is 13.2 Å². The minimum atomic E-state index is -0.509. The normalized spacial score (nSPS) is 12.0. The quantitative estimate of drug-likeness (QED) is 0.572. The molecule has 0 unspecified atom stereocenters. The van der Waals surface area contributed by atoms with E-state index in [2.05, 4.69) is 16.2 Å². The Morgan fingerprint density at radius 2 is 1.40 bits per heavy atom. The second-order valence-electron chi connectivity index (χ2n) is 6.28. The van der Waals surface area contributed by atoms with Crippen molar-refractivity contribution >= 4 is 23.4 Å². The molecule has 0 aliphatic carbocycles. The number of carbonyl (C=O) groups is 3. The van der Waals surface area contributed by atoms with Crippen LogP contribution in [0, 0.1) is 0 Å². The molecule has 0 saturated heterocycles. The number of anilines is 1. The summed E-state index contributed by atoms with van der Waals surface area (Å²) >= 11 is 0. The number of furan rings is 1. The van der Waals surface area contributed by atoms with E-state index in [0.29, 0.717) is 41.5 Å². The molecule has 3 amide bonds. The summed E-state index contributed by atoms with van der Waals surface area (Å²) in [6.07, 6.45) is 1.40. The lowest BCUT2D eigenvalue weighted by Crippen LogP contribution is -2.41. The van der Waals surface area contributed by atoms with Gasteiger partial charge in [0.2, 0.25) is 0 Å². The zero-order valence-corrected chi connectivity index (χ0v) is 15.6. The van der Waals surface area contributed by atoms with E-state index >= 15 is 0 Å². The van der Waals surface area contributed by atoms with Crippen LogP contribution < -0.4 is 25.6 Å². The number of hydrazine groups is 1. The summed E-state index contributed by atoms with van der Waals surface area (Å²) in [4.78, 5) is 36.5. The minimum absolute atomic E-state index is 0.179. The fraction of sp³-hybridized carbons (Fsp3) is 0.0952. The summed E-state index contributed by atoms with van der Waals surface area (Å²) in [5.41, 5.74) is 5.81. The minimum Gasteiger partial charge on any atom is -0.486 e. The molecule has 0 fully saturated rings. The first-order chi connectivity index (χ1) is 14.6. The zero-order valence-electron chi connectivity index (χ0n) is 15.6. The number of hydrogen-bond donors (Lipinski definition) is 3. The van der Waals surface area contributed by atoms with Crippen LogP contribution in [-0.2, 0) is 0 Å². The number of amides is 3. The second-order valence-corrected chi connectivity index (χ2v) is 6.28. The molecule has 1 aliphatic heterocycles. The largest absolute Gasteiger partial charge is 0.486 e. The Morgan fingerprint density at radius 3 is 2.10 bits per heavy atom. The molecular formula is C21H17N3O6. The van der Waals surface area contributed by atoms with Crippen LogP contribution in [0.4, 0.5) is 5.69 Å². The molecule has 0 atom stereocenters. The molecule has 0 saturated carbocycles. The first kappa shape index (κ1) is 19.1. The van der Waals surface area contributed by atoms with Gasteiger partial charge in [-0.15, -0.1) is 0 Å². The van der Waals surface area contributed by atoms with Crippen LogP contribution in [0.2, 0.25) is 0 Å². The van der Waals surface area contributed by atoms with Crippen molar-refractivity contribution in [2.24, 2.45) is 0 Å². The Balaban J connectivity index is 1.32. The Labute approximate surface area is 170 Å². The Hall–Kier alpha value is -4.27. The topological polar surface area (TPSA) is 119 Å². The summed E-state index contributed by atoms with van der Waals surface area (Å²) < 4.78 is 15.9. The van der Waals surface area contributed by atoms with Gasteiger partial charge in [0.05, 0.1) is 6.26 Å². The number of rotatable bonds is 4. The third-order valence-corrected chi connectivity index (χ3v) is 4.24. The Morgan fingerprint density at radius 1 is 0.733 bits per heavy atom. The van der Waals surface area contributed by atoms with Crippen molar-refractivity contribution in [1.29, 1.82) is 0 Å². The van der Waals surface area contributed by atoms with Gasteiger partial charge in [-0.3, -0.25) is 25.2 Å². The average Bonchev–Trinajstić information content (AvgIpc) is 3.32. The van der Waals surface area contributed by atoms with E-state index in [1.54, 1.807) is 42.5 Å². The van der Waals surface area contributed by atoms with Gasteiger partial charge in [0.15, 0.2) is 17.3 Å². The maximum absolute atomic E-state index is 12.3. The third-order valence-electron chi connectivity index (χ3n) is 4.24. The van der Waals surface area contributed by atoms with Crippen molar-refractivity contribution in [2.45, 2.75) is 0 Å². The summed E-state index contributed by atoms with van der Waals surface area (Å²) in [5, 5.41) is 2.65. The number of ether oxygens (including phenoxy) is 2. The van der Waals surface area contributed by atoms with Crippen molar-refractivity contribution in [3.63, 3.8) is 0 Å². The lowest BCUT2D eigenvalue weighted by atomic mass is 10.2. The van der Waals surface area contributed by atoms with Crippen molar-refractivity contribution in [3.05, 3.63) is 77.7 Å². The van der Waals surface area contributed by atoms with E-state index in [4.69, 9.17) is 13.9 Å². The van der Waals surface area contributed by atoms with Crippen LogP contribution in [0.15, 0.2) is 65.3 Å². The van der Waals surface area contributed by atoms with Crippen molar-refractivity contribution < 1.29 is 28.3 Å². The van der Waals surface area contributed by atoms with E-state index in [1.807, 2.05) is 0 Å². The van der Waals surface area contributed by atoms with Crippen LogP contribution in [0.3, 0.4) is 0 Å². The molecule has 1 aromatic heterocycles. The predicted molar refractivity (Wildman–Crippen MR) is 105 cm³/mol. The van der Waals surface area contributed by atoms with Crippen LogP contribution in [0.25, 0.3) is 0 Å². The molecule has 3 N–H and O–H groups in total. The SMILES string of the molecule is O=C(NNC(=O)c1ccc2c(c1)OCCO2)c1ccc(NC(=O)c2ccco2)cc1. The number of fused-ring (bicyclic) bond motifs is 1. The van der Waals surface area contributed by atoms with Gasteiger partial charge in [-0.25, -0.2) is 0 Å². The molecule has 0 radical (unpaired) electrons. The smallest absolute Gasteiger partial charge is 0.291 e. The van der Waals surface area contributed by atoms with E-state index in [-0.39, 0.29) is 5.76 Å². The van der Waals surface area contributed by atoms with Gasteiger partial charge < -0.3 is 19.2 Å². The van der Waals surface area contributed by atoms with Gasteiger partial charge in [0, 0.05) is 16.8 Å². The molecule has 30 heavy (non-hydrogen) atoms. The lowest BCUT2D eigenvalue weighted by molar-refractivity contribution is 0.0846. The van der Waals surface area contributed by atoms with Gasteiger partial charge in [-0.05, 0) is 54.6 Å². The standard InChI is InChI=1S/C21H17N3O6/c25-19(13-3-6-15(7-4-13)22-21(27)17-2-1-9-28-17)23-24-20(26)14-5-8-16-18(12-14)30-11-10-29-16/h1-9,12H,10-11H2,(H,22,27)(H,23,25)(H,24,26). The summed E-state index contributed by atoms with van der Waals surface area (Å²) in [7, 11) is 0. The lowest BCUT2D eigenvalue weighted by Gasteiger charge is -2.18. The number of benzene rings is 2. The van der Waals surface area contributed by atoms with Crippen molar-refractivity contribution in [1.82, 2.24) is 10.9 Å². The monoisotopic (exact) mass is 407 g/mol. The highest BCUT2D eigenvalue weighted by molar-refractivity contribution is 6.03. The molecule has 152 valence electrons. The predicted octanol–water partition coefficient (Wildman–Crippen LogP) is 2.38. The maximum atomic E-state index is 12.3. The van der Waals surface area contributed by atoms with Crippen LogP contribution in [0.5, 0.6) is 11.5 Å². The third kappa shape index (κ3) is 4.25. The maximum Gasteiger partial charge on any atom is 0.291 e. The molecule has 3 aromatic rings. The van der Waals surface area contributed by atoms with E-state index in [0.717, 1.165) is 0 Å². The first-order valence-electron chi connectivity index (χ1n) is 9.05. The van der Waals surface area contributed by atoms with Gasteiger partial charge in [-0.1, -0.05) is 0 Å². The Bertz CT molecular complexity index is 1080. The molecule has 1 aliphatic rings. The summed E-state index contributed by atoms with van der Waals surface area (Å²) in [6.45, 7) is 0.868. The second kappa shape index (κ2) is 8.39. The molecule has 2 aromatic carbocycles. The molecular weight excluding hydrogens is 390 g/mol. The average molecular weight is 407 g/mol. The Kier molecular flexibility index (Phi) is 5.33. The number of hydrogen-bond acceptors (Lipinski definition) is 6. The fourth-order valence-electron chi connectivity index (χ4n) is 2.75. The van der Waals surface area contributed by atoms with Gasteiger partial charge >= 0.3 is 0 Å². The molecule has 0 spiro atoms. The van der Waals surface area contributed by atoms with E-state index in [1.165, 1.54) is 18.4 Å². The fourth-order valence-corrected chi connectivity index (χ4v) is 2.75. The van der Waals surface area contributed by atoms with Crippen molar-refractivity contribution in [2.75, 3.05) is 18.5 Å². The molecule has 4 rings (SSSR count). The highest BCUT2D eigenvalue weighted by Gasteiger charge is 2.16. The number of carbonyl (C=O) groups excluding carboxylic acids is 3. The molecule has 9 heteroatoms. The van der Waals surface area contributed by atoms with E-state index in [9.17, 15) is 14.4 Å². The zero-order chi connectivity index (χ0) is 20.9. The highest BCUT2D eigenvalue weighted by atomic mass is 16.6. The van der Waals surface area contributed by atoms with Crippen LogP contribution in [-0.4, -0.2) is 30.9 Å². The number of nitrogens with one attached hydrogen (secondary N) is 3. The van der Waals surface area contributed by atoms with Crippen LogP contribution in [0.1, 0.15) is 31.3 Å². The van der Waals surface area contributed by atoms with Crippen LogP contribution >= 0.6 is 0 Å². The summed E-state index contributed by atoms with van der Waals surface area (Å²) in [5.74, 6) is -0.177. The van der Waals surface area contributed by atoms with Crippen molar-refractivity contribution in [3.8, 4) is 11.5 Å². The molecule has 0 bridgehead atoms. The highest BCUT2D eigenvalue weighted by Crippen LogP contribution is 2.30. The van der Waals surface area contributed by atoms with E-state index < -0.39 is 17.7 Å². The first-order valence-corrected chi connectivity index (χ1v) is 9.05. The van der Waals surface area contributed by atoms with Gasteiger partial charge in [-0.2, -0.15) is 0 Å². The molecule has 2 heterocycles. The molecule has 9 nitrogen and oxygen atoms in total. The van der Waals surface area contributed by atoms with Gasteiger partial charge in [0.25, 0.3) is 17.7 Å².